The molecule has 0 unspecified atom stereocenters. The van der Waals surface area contributed by atoms with E-state index in [1.807, 2.05) is 0 Å². The largest absolute Gasteiger partial charge is 0.385 e. The Hall–Kier alpha value is -1.65. The Morgan fingerprint density at radius 3 is 2.80 bits per heavy atom. The van der Waals surface area contributed by atoms with Gasteiger partial charge in [0, 0.05) is 13.1 Å². The number of hydrogen-bond donors (Lipinski definition) is 1. The van der Waals surface area contributed by atoms with Crippen molar-refractivity contribution in [1.82, 2.24) is 10.2 Å². The SMILES string of the molecule is O=NC1=C(C(=O)N2CCCC2)C=CNC1. The topological polar surface area (TPSA) is 61.8 Å². The minimum absolute atomic E-state index is 0.0696. The predicted octanol–water partition coefficient (Wildman–Crippen LogP) is 0.746. The standard InChI is InChI=1S/C10H13N3O2/c14-10(13-5-1-2-6-13)8-3-4-11-7-9(8)12-15/h3-4,11H,1-2,5-7H2. The van der Waals surface area contributed by atoms with E-state index in [4.69, 9.17) is 0 Å². The molecule has 0 saturated carbocycles. The van der Waals surface area contributed by atoms with Crippen molar-refractivity contribution >= 4 is 5.91 Å². The van der Waals surface area contributed by atoms with E-state index in [2.05, 4.69) is 10.5 Å². The molecule has 80 valence electrons. The summed E-state index contributed by atoms with van der Waals surface area (Å²) in [6.45, 7) is 1.92. The van der Waals surface area contributed by atoms with Crippen molar-refractivity contribution in [3.63, 3.8) is 0 Å². The fourth-order valence-corrected chi connectivity index (χ4v) is 1.86. The summed E-state index contributed by atoms with van der Waals surface area (Å²) in [5.41, 5.74) is 0.736. The molecule has 0 spiro atoms. The first-order chi connectivity index (χ1) is 7.33. The van der Waals surface area contributed by atoms with Gasteiger partial charge in [0.2, 0.25) is 0 Å². The maximum Gasteiger partial charge on any atom is 0.255 e. The lowest BCUT2D eigenvalue weighted by Gasteiger charge is -2.18. The lowest BCUT2D eigenvalue weighted by atomic mass is 10.1. The highest BCUT2D eigenvalue weighted by Crippen LogP contribution is 2.17. The molecule has 1 N–H and O–H groups in total. The molecule has 2 aliphatic rings. The third-order valence-electron chi connectivity index (χ3n) is 2.68. The third kappa shape index (κ3) is 1.91. The number of carbonyl (C=O) groups excluding carboxylic acids is 1. The van der Waals surface area contributed by atoms with Gasteiger partial charge in [0.15, 0.2) is 0 Å². The number of nitrogens with zero attached hydrogens (tertiary/aromatic N) is 2. The maximum atomic E-state index is 12.0. The number of dihydropyridines is 1. The Kier molecular flexibility index (Phi) is 2.80. The van der Waals surface area contributed by atoms with E-state index in [1.54, 1.807) is 17.2 Å². The molecule has 0 bridgehead atoms. The summed E-state index contributed by atoms with van der Waals surface area (Å²) in [5, 5.41) is 5.75. The highest BCUT2D eigenvalue weighted by molar-refractivity contribution is 5.97. The van der Waals surface area contributed by atoms with Crippen LogP contribution in [0.25, 0.3) is 0 Å². The van der Waals surface area contributed by atoms with Gasteiger partial charge in [-0.05, 0) is 30.3 Å². The Morgan fingerprint density at radius 1 is 1.40 bits per heavy atom. The van der Waals surface area contributed by atoms with Gasteiger partial charge in [0.1, 0.15) is 5.70 Å². The van der Waals surface area contributed by atoms with Crippen molar-refractivity contribution in [2.24, 2.45) is 5.18 Å². The summed E-state index contributed by atoms with van der Waals surface area (Å²) in [7, 11) is 0. The lowest BCUT2D eigenvalue weighted by molar-refractivity contribution is -0.125. The van der Waals surface area contributed by atoms with Gasteiger partial charge in [-0.3, -0.25) is 4.79 Å². The van der Waals surface area contributed by atoms with E-state index in [0.29, 0.717) is 17.8 Å². The van der Waals surface area contributed by atoms with Crippen LogP contribution in [-0.4, -0.2) is 30.4 Å². The van der Waals surface area contributed by atoms with E-state index >= 15 is 0 Å². The third-order valence-corrected chi connectivity index (χ3v) is 2.68. The number of nitroso groups, excluding NO2 is 1. The average Bonchev–Trinajstić information content (AvgIpc) is 2.81. The summed E-state index contributed by atoms with van der Waals surface area (Å²) in [6, 6.07) is 0. The van der Waals surface area contributed by atoms with Crippen molar-refractivity contribution in [2.45, 2.75) is 12.8 Å². The number of amides is 1. The second-order valence-corrected chi connectivity index (χ2v) is 3.67. The number of nitrogens with one attached hydrogen (secondary N) is 1. The molecule has 15 heavy (non-hydrogen) atoms. The van der Waals surface area contributed by atoms with Gasteiger partial charge in [-0.25, -0.2) is 0 Å². The first kappa shape index (κ1) is 9.89. The van der Waals surface area contributed by atoms with Crippen molar-refractivity contribution in [3.05, 3.63) is 28.5 Å². The van der Waals surface area contributed by atoms with Gasteiger partial charge < -0.3 is 10.2 Å². The van der Waals surface area contributed by atoms with E-state index in [0.717, 1.165) is 25.9 Å². The van der Waals surface area contributed by atoms with Crippen LogP contribution in [0.15, 0.2) is 28.7 Å². The number of likely N-dealkylation sites (tertiary alicyclic amines) is 1. The van der Waals surface area contributed by atoms with E-state index in [-0.39, 0.29) is 5.91 Å². The monoisotopic (exact) mass is 207 g/mol. The van der Waals surface area contributed by atoms with E-state index in [1.165, 1.54) is 0 Å². The van der Waals surface area contributed by atoms with E-state index in [9.17, 15) is 9.70 Å². The van der Waals surface area contributed by atoms with Gasteiger partial charge in [0.05, 0.1) is 12.1 Å². The van der Waals surface area contributed by atoms with Crippen LogP contribution in [0.5, 0.6) is 0 Å². The molecule has 1 fully saturated rings. The smallest absolute Gasteiger partial charge is 0.255 e. The highest BCUT2D eigenvalue weighted by atomic mass is 16.3. The lowest BCUT2D eigenvalue weighted by Crippen LogP contribution is -2.31. The van der Waals surface area contributed by atoms with Crippen LogP contribution >= 0.6 is 0 Å². The maximum absolute atomic E-state index is 12.0. The summed E-state index contributed by atoms with van der Waals surface area (Å²) < 4.78 is 0. The summed E-state index contributed by atoms with van der Waals surface area (Å²) in [4.78, 5) is 24.3. The fourth-order valence-electron chi connectivity index (χ4n) is 1.86. The molecular formula is C10H13N3O2. The van der Waals surface area contributed by atoms with E-state index < -0.39 is 0 Å². The molecule has 0 aromatic carbocycles. The first-order valence-corrected chi connectivity index (χ1v) is 5.08. The molecule has 0 radical (unpaired) electrons. The molecule has 0 aliphatic carbocycles. The zero-order chi connectivity index (χ0) is 10.7. The van der Waals surface area contributed by atoms with Crippen LogP contribution in [-0.2, 0) is 4.79 Å². The van der Waals surface area contributed by atoms with Crippen molar-refractivity contribution in [2.75, 3.05) is 19.6 Å². The Labute approximate surface area is 87.8 Å². The minimum Gasteiger partial charge on any atom is -0.385 e. The van der Waals surface area contributed by atoms with Gasteiger partial charge in [0.25, 0.3) is 5.91 Å². The van der Waals surface area contributed by atoms with Crippen molar-refractivity contribution < 1.29 is 4.79 Å². The molecule has 2 aliphatic heterocycles. The normalized spacial score (nSPS) is 20.4. The number of rotatable bonds is 2. The second kappa shape index (κ2) is 4.25. The first-order valence-electron chi connectivity index (χ1n) is 5.08. The Morgan fingerprint density at radius 2 is 2.13 bits per heavy atom. The molecule has 1 amide bonds. The summed E-state index contributed by atoms with van der Waals surface area (Å²) in [5.74, 6) is -0.0696. The molecule has 5 nitrogen and oxygen atoms in total. The van der Waals surface area contributed by atoms with Crippen LogP contribution in [0.4, 0.5) is 0 Å². The molecule has 1 saturated heterocycles. The Balaban J connectivity index is 2.20. The average molecular weight is 207 g/mol. The van der Waals surface area contributed by atoms with Gasteiger partial charge in [-0.1, -0.05) is 0 Å². The van der Waals surface area contributed by atoms with Crippen LogP contribution < -0.4 is 5.32 Å². The van der Waals surface area contributed by atoms with Crippen LogP contribution in [0.3, 0.4) is 0 Å². The van der Waals surface area contributed by atoms with Crippen molar-refractivity contribution in [1.29, 1.82) is 0 Å². The van der Waals surface area contributed by atoms with Crippen LogP contribution in [0.1, 0.15) is 12.8 Å². The van der Waals surface area contributed by atoms with Crippen LogP contribution in [0, 0.1) is 4.91 Å². The van der Waals surface area contributed by atoms with Gasteiger partial charge in [-0.15, -0.1) is 4.91 Å². The molecule has 5 heteroatoms. The molecule has 0 aromatic heterocycles. The summed E-state index contributed by atoms with van der Waals surface area (Å²) >= 11 is 0. The summed E-state index contributed by atoms with van der Waals surface area (Å²) in [6.07, 6.45) is 5.40. The van der Waals surface area contributed by atoms with Crippen molar-refractivity contribution in [3.8, 4) is 0 Å². The molecule has 0 aromatic rings. The molecular weight excluding hydrogens is 194 g/mol. The quantitative estimate of drug-likeness (QED) is 0.679. The Bertz CT molecular complexity index is 341. The zero-order valence-electron chi connectivity index (χ0n) is 8.40. The predicted molar refractivity (Wildman–Crippen MR) is 55.8 cm³/mol. The molecule has 2 heterocycles. The molecule has 2 rings (SSSR count). The number of hydrogen-bond acceptors (Lipinski definition) is 4. The van der Waals surface area contributed by atoms with Crippen LogP contribution in [0.2, 0.25) is 0 Å². The fraction of sp³-hybridized carbons (Fsp3) is 0.500. The van der Waals surface area contributed by atoms with Gasteiger partial charge >= 0.3 is 0 Å². The molecule has 0 atom stereocenters. The zero-order valence-corrected chi connectivity index (χ0v) is 8.40. The highest BCUT2D eigenvalue weighted by Gasteiger charge is 2.24. The number of carbonyl (C=O) groups is 1. The minimum atomic E-state index is -0.0696. The van der Waals surface area contributed by atoms with Gasteiger partial charge in [-0.2, -0.15) is 0 Å². The second-order valence-electron chi connectivity index (χ2n) is 3.67.